The van der Waals surface area contributed by atoms with Crippen LogP contribution in [0.4, 0.5) is 5.95 Å². The van der Waals surface area contributed by atoms with Gasteiger partial charge >= 0.3 is 0 Å². The maximum absolute atomic E-state index is 12.7. The van der Waals surface area contributed by atoms with E-state index < -0.39 is 0 Å². The molecule has 1 saturated carbocycles. The lowest BCUT2D eigenvalue weighted by molar-refractivity contribution is 0.0499. The van der Waals surface area contributed by atoms with Gasteiger partial charge in [0.05, 0.1) is 32.9 Å². The summed E-state index contributed by atoms with van der Waals surface area (Å²) in [6.07, 6.45) is 4.12. The smallest absolute Gasteiger partial charge is 0.284 e. The third-order valence-corrected chi connectivity index (χ3v) is 4.21. The van der Waals surface area contributed by atoms with Gasteiger partial charge in [-0.2, -0.15) is 4.98 Å². The van der Waals surface area contributed by atoms with E-state index in [-0.39, 0.29) is 25.5 Å². The van der Waals surface area contributed by atoms with Crippen LogP contribution in [0.25, 0.3) is 11.2 Å². The zero-order valence-corrected chi connectivity index (χ0v) is 12.8. The molecule has 0 unspecified atom stereocenters. The van der Waals surface area contributed by atoms with E-state index in [1.54, 1.807) is 15.5 Å². The molecule has 1 fully saturated rings. The van der Waals surface area contributed by atoms with E-state index >= 15 is 0 Å². The first-order valence-electron chi connectivity index (χ1n) is 7.87. The van der Waals surface area contributed by atoms with Gasteiger partial charge in [0.15, 0.2) is 11.2 Å². The van der Waals surface area contributed by atoms with E-state index in [4.69, 9.17) is 9.84 Å². The van der Waals surface area contributed by atoms with E-state index in [9.17, 15) is 4.79 Å². The number of fused-ring (bicyclic) bond motifs is 2. The Bertz CT molecular complexity index is 766. The van der Waals surface area contributed by atoms with Crippen molar-refractivity contribution < 1.29 is 9.84 Å². The van der Waals surface area contributed by atoms with Crippen molar-refractivity contribution in [2.75, 3.05) is 31.7 Å². The highest BCUT2D eigenvalue weighted by Gasteiger charge is 2.27. The molecule has 9 nitrogen and oxygen atoms in total. The second-order valence-corrected chi connectivity index (χ2v) is 6.09. The van der Waals surface area contributed by atoms with Gasteiger partial charge in [-0.1, -0.05) is 0 Å². The Morgan fingerprint density at radius 2 is 2.30 bits per heavy atom. The number of hydrogen-bond acceptors (Lipinski definition) is 7. The predicted octanol–water partition coefficient (Wildman–Crippen LogP) is -0.388. The van der Waals surface area contributed by atoms with Crippen LogP contribution in [0.15, 0.2) is 11.1 Å². The van der Waals surface area contributed by atoms with Crippen molar-refractivity contribution in [2.45, 2.75) is 26.2 Å². The summed E-state index contributed by atoms with van der Waals surface area (Å²) >= 11 is 0. The minimum Gasteiger partial charge on any atom is -0.394 e. The molecule has 0 radical (unpaired) electrons. The average molecular weight is 320 g/mol. The molecule has 1 aliphatic heterocycles. The zero-order chi connectivity index (χ0) is 15.8. The summed E-state index contributed by atoms with van der Waals surface area (Å²) in [5, 5.41) is 12.0. The van der Waals surface area contributed by atoms with Crippen LogP contribution in [-0.2, 0) is 18.1 Å². The minimum atomic E-state index is -0.140. The monoisotopic (exact) mass is 320 g/mol. The minimum absolute atomic E-state index is 0.0451. The summed E-state index contributed by atoms with van der Waals surface area (Å²) in [5.41, 5.74) is 0.706. The van der Waals surface area contributed by atoms with Crippen LogP contribution in [0, 0.1) is 5.92 Å². The van der Waals surface area contributed by atoms with Crippen molar-refractivity contribution in [2.24, 2.45) is 5.92 Å². The number of aromatic nitrogens is 4. The summed E-state index contributed by atoms with van der Waals surface area (Å²) in [5.74, 6) is 1.34. The summed E-state index contributed by atoms with van der Waals surface area (Å²) < 4.78 is 8.59. The van der Waals surface area contributed by atoms with Gasteiger partial charge in [0.2, 0.25) is 5.95 Å². The number of rotatable bonds is 6. The molecule has 0 amide bonds. The van der Waals surface area contributed by atoms with Gasteiger partial charge in [-0.3, -0.25) is 18.8 Å². The SMILES string of the molecule is O=c1c2ncn(COCCO)c2nc2n1CN(CC1CC1)CN2. The molecule has 4 rings (SSSR count). The molecule has 23 heavy (non-hydrogen) atoms. The first-order valence-corrected chi connectivity index (χ1v) is 7.87. The summed E-state index contributed by atoms with van der Waals surface area (Å²) in [6.45, 7) is 2.66. The van der Waals surface area contributed by atoms with Crippen LogP contribution < -0.4 is 10.9 Å². The van der Waals surface area contributed by atoms with Crippen LogP contribution >= 0.6 is 0 Å². The Morgan fingerprint density at radius 1 is 1.43 bits per heavy atom. The Balaban J connectivity index is 1.62. The number of anilines is 1. The second kappa shape index (κ2) is 5.91. The first kappa shape index (κ1) is 14.6. The van der Waals surface area contributed by atoms with Crippen LogP contribution in [0.3, 0.4) is 0 Å². The lowest BCUT2D eigenvalue weighted by atomic mass is 10.4. The molecule has 0 bridgehead atoms. The van der Waals surface area contributed by atoms with Crippen molar-refractivity contribution in [1.82, 2.24) is 24.0 Å². The third kappa shape index (κ3) is 2.82. The molecular weight excluding hydrogens is 300 g/mol. The number of nitrogens with zero attached hydrogens (tertiary/aromatic N) is 5. The largest absolute Gasteiger partial charge is 0.394 e. The van der Waals surface area contributed by atoms with Gasteiger partial charge in [0.25, 0.3) is 5.56 Å². The molecule has 3 heterocycles. The Morgan fingerprint density at radius 3 is 3.09 bits per heavy atom. The van der Waals surface area contributed by atoms with E-state index in [1.165, 1.54) is 12.8 Å². The molecule has 2 aromatic heterocycles. The highest BCUT2D eigenvalue weighted by molar-refractivity contribution is 5.71. The van der Waals surface area contributed by atoms with E-state index in [2.05, 4.69) is 20.2 Å². The molecule has 2 aromatic rings. The average Bonchev–Trinajstić information content (AvgIpc) is 3.28. The Labute approximate surface area is 132 Å². The van der Waals surface area contributed by atoms with Gasteiger partial charge in [0.1, 0.15) is 6.73 Å². The molecule has 124 valence electrons. The maximum atomic E-state index is 12.7. The predicted molar refractivity (Wildman–Crippen MR) is 82.7 cm³/mol. The van der Waals surface area contributed by atoms with Crippen LogP contribution in [0.1, 0.15) is 12.8 Å². The Kier molecular flexibility index (Phi) is 3.76. The Hall–Kier alpha value is -1.97. The van der Waals surface area contributed by atoms with E-state index in [0.29, 0.717) is 30.4 Å². The van der Waals surface area contributed by atoms with Gasteiger partial charge in [0, 0.05) is 6.54 Å². The summed E-state index contributed by atoms with van der Waals surface area (Å²) in [4.78, 5) is 23.6. The molecule has 0 spiro atoms. The molecule has 2 aliphatic rings. The topological polar surface area (TPSA) is 97.4 Å². The lowest BCUT2D eigenvalue weighted by Gasteiger charge is -2.30. The molecule has 2 N–H and O–H groups in total. The number of nitrogens with one attached hydrogen (secondary N) is 1. The van der Waals surface area contributed by atoms with Gasteiger partial charge in [-0.15, -0.1) is 0 Å². The maximum Gasteiger partial charge on any atom is 0.284 e. The van der Waals surface area contributed by atoms with E-state index in [0.717, 1.165) is 12.5 Å². The fourth-order valence-corrected chi connectivity index (χ4v) is 2.84. The van der Waals surface area contributed by atoms with Crippen LogP contribution in [0.2, 0.25) is 0 Å². The number of ether oxygens (including phenoxy) is 1. The van der Waals surface area contributed by atoms with Crippen molar-refractivity contribution in [3.05, 3.63) is 16.7 Å². The van der Waals surface area contributed by atoms with Crippen LogP contribution in [-0.4, -0.2) is 55.5 Å². The molecular formula is C14H20N6O3. The second-order valence-electron chi connectivity index (χ2n) is 6.09. The van der Waals surface area contributed by atoms with Gasteiger partial charge in [-0.25, -0.2) is 4.98 Å². The van der Waals surface area contributed by atoms with Crippen molar-refractivity contribution in [3.63, 3.8) is 0 Å². The molecule has 0 aromatic carbocycles. The standard InChI is InChI=1S/C14H20N6O3/c21-3-4-23-9-19-7-15-11-12(19)17-14-16-6-18(5-10-1-2-10)8-20(14)13(11)22/h7,10,21H,1-6,8-9H2,(H,16,17). The summed E-state index contributed by atoms with van der Waals surface area (Å²) in [7, 11) is 0. The van der Waals surface area contributed by atoms with Gasteiger partial charge < -0.3 is 15.2 Å². The van der Waals surface area contributed by atoms with Crippen molar-refractivity contribution in [1.29, 1.82) is 0 Å². The number of hydrogen-bond donors (Lipinski definition) is 2. The molecule has 0 atom stereocenters. The van der Waals surface area contributed by atoms with Crippen molar-refractivity contribution in [3.8, 4) is 0 Å². The number of imidazole rings is 1. The molecule has 1 aliphatic carbocycles. The highest BCUT2D eigenvalue weighted by Crippen LogP contribution is 2.30. The first-order chi connectivity index (χ1) is 11.3. The fourth-order valence-electron chi connectivity index (χ4n) is 2.84. The highest BCUT2D eigenvalue weighted by atomic mass is 16.5. The zero-order valence-electron chi connectivity index (χ0n) is 12.8. The summed E-state index contributed by atoms with van der Waals surface area (Å²) in [6, 6.07) is 0. The molecule has 0 saturated heterocycles. The number of aliphatic hydroxyl groups excluding tert-OH is 1. The lowest BCUT2D eigenvalue weighted by Crippen LogP contribution is -2.43. The van der Waals surface area contributed by atoms with Crippen molar-refractivity contribution >= 4 is 17.1 Å². The van der Waals surface area contributed by atoms with Crippen LogP contribution in [0.5, 0.6) is 0 Å². The fraction of sp³-hybridized carbons (Fsp3) is 0.643. The normalized spacial score (nSPS) is 18.1. The third-order valence-electron chi connectivity index (χ3n) is 4.21. The van der Waals surface area contributed by atoms with E-state index in [1.807, 2.05) is 0 Å². The molecule has 9 heteroatoms. The number of aliphatic hydroxyl groups is 1. The van der Waals surface area contributed by atoms with Gasteiger partial charge in [-0.05, 0) is 18.8 Å². The quantitative estimate of drug-likeness (QED) is 0.700.